The van der Waals surface area contributed by atoms with Gasteiger partial charge >= 0.3 is 6.18 Å². The summed E-state index contributed by atoms with van der Waals surface area (Å²) in [4.78, 5) is 57.2. The first-order valence-corrected chi connectivity index (χ1v) is 16.8. The molecule has 5 heterocycles. The summed E-state index contributed by atoms with van der Waals surface area (Å²) in [5.41, 5.74) is 0.727. The van der Waals surface area contributed by atoms with Crippen LogP contribution in [-0.4, -0.2) is 86.9 Å². The van der Waals surface area contributed by atoms with Crippen LogP contribution in [0.1, 0.15) is 34.4 Å². The normalized spacial score (nSPS) is 13.6. The van der Waals surface area contributed by atoms with Gasteiger partial charge in [0.1, 0.15) is 18.6 Å². The zero-order valence-electron chi connectivity index (χ0n) is 28.5. The Kier molecular flexibility index (Phi) is 9.01. The molecule has 6 aromatic rings. The topological polar surface area (TPSA) is 169 Å². The summed E-state index contributed by atoms with van der Waals surface area (Å²) in [6.45, 7) is 3.76. The van der Waals surface area contributed by atoms with Gasteiger partial charge in [-0.2, -0.15) is 27.8 Å². The molecule has 274 valence electrons. The quantitative estimate of drug-likeness (QED) is 0.243. The van der Waals surface area contributed by atoms with Crippen molar-refractivity contribution in [3.05, 3.63) is 86.9 Å². The van der Waals surface area contributed by atoms with Crippen molar-refractivity contribution in [2.75, 3.05) is 36.4 Å². The van der Waals surface area contributed by atoms with Crippen molar-refractivity contribution >= 4 is 51.5 Å². The van der Waals surface area contributed by atoms with E-state index in [1.54, 1.807) is 40.4 Å². The van der Waals surface area contributed by atoms with Gasteiger partial charge in [0, 0.05) is 44.2 Å². The first-order chi connectivity index (χ1) is 25.3. The van der Waals surface area contributed by atoms with E-state index in [0.29, 0.717) is 11.3 Å². The van der Waals surface area contributed by atoms with Gasteiger partial charge in [-0.1, -0.05) is 30.7 Å². The van der Waals surface area contributed by atoms with Gasteiger partial charge < -0.3 is 24.8 Å². The summed E-state index contributed by atoms with van der Waals surface area (Å²) in [7, 11) is 1.79. The summed E-state index contributed by atoms with van der Waals surface area (Å²) in [5.74, 6) is -1.17. The van der Waals surface area contributed by atoms with Gasteiger partial charge in [0.15, 0.2) is 17.3 Å². The van der Waals surface area contributed by atoms with Crippen LogP contribution in [0.15, 0.2) is 53.7 Å². The molecule has 15 nitrogen and oxygen atoms in total. The predicted molar refractivity (Wildman–Crippen MR) is 188 cm³/mol. The van der Waals surface area contributed by atoms with E-state index < -0.39 is 35.7 Å². The number of nitrogens with zero attached hydrogens (tertiary/aromatic N) is 10. The number of nitrogens with one attached hydrogen (secondary N) is 1. The highest BCUT2D eigenvalue weighted by Gasteiger charge is 2.32. The number of aromatic nitrogens is 8. The highest BCUT2D eigenvalue weighted by molar-refractivity contribution is 6.33. The van der Waals surface area contributed by atoms with Crippen LogP contribution in [0.2, 0.25) is 5.02 Å². The Morgan fingerprint density at radius 3 is 2.53 bits per heavy atom. The van der Waals surface area contributed by atoms with Crippen molar-refractivity contribution in [3.63, 3.8) is 0 Å². The van der Waals surface area contributed by atoms with Crippen molar-refractivity contribution in [3.8, 4) is 17.1 Å². The van der Waals surface area contributed by atoms with E-state index in [-0.39, 0.29) is 77.7 Å². The Morgan fingerprint density at radius 1 is 1.08 bits per heavy atom. The van der Waals surface area contributed by atoms with Gasteiger partial charge in [0.25, 0.3) is 11.5 Å². The third kappa shape index (κ3) is 6.38. The lowest BCUT2D eigenvalue weighted by Gasteiger charge is -2.36. The van der Waals surface area contributed by atoms with Crippen LogP contribution >= 0.6 is 11.6 Å². The molecule has 0 spiro atoms. The van der Waals surface area contributed by atoms with Crippen molar-refractivity contribution in [1.29, 1.82) is 0 Å². The number of alkyl halides is 3. The summed E-state index contributed by atoms with van der Waals surface area (Å²) in [6.07, 6.45) is -1.49. The highest BCUT2D eigenvalue weighted by atomic mass is 35.5. The fourth-order valence-corrected chi connectivity index (χ4v) is 6.68. The first kappa shape index (κ1) is 35.4. The Morgan fingerprint density at radius 2 is 1.83 bits per heavy atom. The number of fused-ring (bicyclic) bond motifs is 2. The van der Waals surface area contributed by atoms with Gasteiger partial charge in [-0.3, -0.25) is 19.1 Å². The number of piperazine rings is 1. The van der Waals surface area contributed by atoms with Crippen molar-refractivity contribution in [1.82, 2.24) is 43.8 Å². The molecule has 1 aliphatic heterocycles. The molecule has 4 aromatic heterocycles. The molecule has 0 saturated carbocycles. The summed E-state index contributed by atoms with van der Waals surface area (Å²) >= 11 is 6.14. The molecule has 1 saturated heterocycles. The van der Waals surface area contributed by atoms with Crippen LogP contribution in [0.5, 0.6) is 5.75 Å². The molecule has 1 fully saturated rings. The third-order valence-corrected chi connectivity index (χ3v) is 9.47. The second-order valence-electron chi connectivity index (χ2n) is 12.4. The van der Waals surface area contributed by atoms with Crippen molar-refractivity contribution in [2.45, 2.75) is 33.0 Å². The minimum absolute atomic E-state index is 0.0314. The second-order valence-corrected chi connectivity index (χ2v) is 12.8. The van der Waals surface area contributed by atoms with E-state index in [0.717, 1.165) is 33.6 Å². The van der Waals surface area contributed by atoms with E-state index >= 15 is 0 Å². The van der Waals surface area contributed by atoms with E-state index in [2.05, 4.69) is 25.5 Å². The molecule has 53 heavy (non-hydrogen) atoms. The summed E-state index contributed by atoms with van der Waals surface area (Å²) in [5, 5.41) is 22.4. The lowest BCUT2D eigenvalue weighted by atomic mass is 10.1. The first-order valence-electron chi connectivity index (χ1n) is 16.4. The molecular weight excluding hydrogens is 719 g/mol. The van der Waals surface area contributed by atoms with Crippen LogP contribution in [0.4, 0.5) is 24.5 Å². The number of anilines is 2. The highest BCUT2D eigenvalue weighted by Crippen LogP contribution is 2.34. The minimum Gasteiger partial charge on any atom is -0.504 e. The fourth-order valence-electron chi connectivity index (χ4n) is 6.45. The van der Waals surface area contributed by atoms with Crippen LogP contribution in [0.3, 0.4) is 0 Å². The monoisotopic (exact) mass is 749 g/mol. The van der Waals surface area contributed by atoms with Crippen molar-refractivity contribution < 1.29 is 27.9 Å². The molecule has 2 N–H and O–H groups in total. The molecule has 2 amide bonds. The Hall–Kier alpha value is -6.04. The molecule has 19 heteroatoms. The SMILES string of the molecule is CCc1c(N2CCN(C(=O)c3ncnc(C)c3O)CC2)c(=O)n2nc(-c3cccc4c3cnn4C)nc2n1CC(=O)Nc1ccc(C(F)(F)F)cc1Cl. The number of aromatic hydroxyl groups is 1. The molecule has 0 unspecified atom stereocenters. The summed E-state index contributed by atoms with van der Waals surface area (Å²) in [6, 6.07) is 8.10. The zero-order chi connectivity index (χ0) is 37.8. The van der Waals surface area contributed by atoms with Crippen LogP contribution in [0.25, 0.3) is 28.1 Å². The van der Waals surface area contributed by atoms with Crippen LogP contribution < -0.4 is 15.8 Å². The van der Waals surface area contributed by atoms with Crippen LogP contribution in [-0.2, 0) is 31.0 Å². The number of halogens is 4. The predicted octanol–water partition coefficient (Wildman–Crippen LogP) is 4.08. The molecule has 0 bridgehead atoms. The number of carbonyl (C=O) groups is 2. The smallest absolute Gasteiger partial charge is 0.416 e. The largest absolute Gasteiger partial charge is 0.504 e. The zero-order valence-corrected chi connectivity index (χ0v) is 29.3. The maximum Gasteiger partial charge on any atom is 0.416 e. The van der Waals surface area contributed by atoms with Gasteiger partial charge in [0.05, 0.1) is 39.4 Å². The van der Waals surface area contributed by atoms with Gasteiger partial charge in [-0.05, 0) is 37.6 Å². The van der Waals surface area contributed by atoms with E-state index in [1.807, 2.05) is 19.1 Å². The van der Waals surface area contributed by atoms with E-state index in [9.17, 15) is 32.7 Å². The lowest BCUT2D eigenvalue weighted by molar-refractivity contribution is -0.137. The minimum atomic E-state index is -4.62. The molecule has 0 radical (unpaired) electrons. The van der Waals surface area contributed by atoms with E-state index in [1.165, 1.54) is 11.2 Å². The Labute approximate surface area is 303 Å². The average molecular weight is 750 g/mol. The number of hydrogen-bond donors (Lipinski definition) is 2. The molecule has 2 aromatic carbocycles. The molecule has 0 aliphatic carbocycles. The molecule has 0 atom stereocenters. The second kappa shape index (κ2) is 13.5. The maximum absolute atomic E-state index is 14.4. The maximum atomic E-state index is 14.4. The number of aryl methyl sites for hydroxylation is 2. The van der Waals surface area contributed by atoms with Gasteiger partial charge in [0.2, 0.25) is 11.7 Å². The summed E-state index contributed by atoms with van der Waals surface area (Å²) < 4.78 is 44.1. The lowest BCUT2D eigenvalue weighted by Crippen LogP contribution is -2.51. The van der Waals surface area contributed by atoms with Gasteiger partial charge in [-0.25, -0.2) is 9.97 Å². The van der Waals surface area contributed by atoms with Gasteiger partial charge in [-0.15, -0.1) is 5.10 Å². The number of amides is 2. The number of rotatable bonds is 7. The molecule has 1 aliphatic rings. The van der Waals surface area contributed by atoms with Crippen LogP contribution in [0, 0.1) is 6.92 Å². The van der Waals surface area contributed by atoms with Crippen molar-refractivity contribution in [2.24, 2.45) is 7.05 Å². The third-order valence-electron chi connectivity index (χ3n) is 9.16. The number of benzene rings is 2. The number of carbonyl (C=O) groups excluding carboxylic acids is 2. The molecule has 7 rings (SSSR count). The Bertz CT molecular complexity index is 2490. The fraction of sp³-hybridized carbons (Fsp3) is 0.294. The Balaban J connectivity index is 1.28. The van der Waals surface area contributed by atoms with E-state index in [4.69, 9.17) is 16.6 Å². The standard InChI is InChI=1S/C34H31ClF3N11O4/c1-4-24-28(46-10-12-47(13-11-46)31(52)27-29(51)18(2)39-17-40-27)32(53)49-33(43-30(44-49)20-6-5-7-25-21(20)15-41-45(25)3)48(24)16-26(50)42-23-9-8-19(14-22(23)35)34(36,37)38/h5-9,14-15,17,51H,4,10-13,16H2,1-3H3,(H,42,50). The number of hydrogen-bond acceptors (Lipinski definition) is 10. The molecular formula is C34H31ClF3N11O4. The average Bonchev–Trinajstić information content (AvgIpc) is 3.75.